The van der Waals surface area contributed by atoms with Crippen LogP contribution in [0.2, 0.25) is 5.15 Å². The lowest BCUT2D eigenvalue weighted by Crippen LogP contribution is -1.78. The van der Waals surface area contributed by atoms with Gasteiger partial charge in [-0.25, -0.2) is 4.98 Å². The summed E-state index contributed by atoms with van der Waals surface area (Å²) in [5, 5.41) is 0.528. The van der Waals surface area contributed by atoms with Gasteiger partial charge in [0.1, 0.15) is 5.15 Å². The Morgan fingerprint density at radius 1 is 1.56 bits per heavy atom. The van der Waals surface area contributed by atoms with Crippen LogP contribution in [-0.2, 0) is 5.75 Å². The van der Waals surface area contributed by atoms with E-state index in [0.717, 1.165) is 5.56 Å². The Morgan fingerprint density at radius 2 is 2.33 bits per heavy atom. The van der Waals surface area contributed by atoms with Crippen molar-refractivity contribution < 1.29 is 0 Å². The molecule has 1 aromatic rings. The van der Waals surface area contributed by atoms with E-state index in [9.17, 15) is 0 Å². The van der Waals surface area contributed by atoms with Crippen molar-refractivity contribution in [3.63, 3.8) is 0 Å². The van der Waals surface area contributed by atoms with Crippen LogP contribution in [0.1, 0.15) is 5.56 Å². The molecule has 0 amide bonds. The molecule has 0 N–H and O–H groups in total. The van der Waals surface area contributed by atoms with Crippen LogP contribution in [0.4, 0.5) is 0 Å². The fourth-order valence-corrected chi connectivity index (χ4v) is 0.799. The highest BCUT2D eigenvalue weighted by Crippen LogP contribution is 2.06. The number of hydrogen-bond donors (Lipinski definition) is 1. The quantitative estimate of drug-likeness (QED) is 0.490. The molecule has 1 nitrogen and oxygen atoms in total. The highest BCUT2D eigenvalue weighted by Gasteiger charge is 1.88. The number of aromatic nitrogens is 1. The normalized spacial score (nSPS) is 9.56. The standard InChI is InChI=1S/C6H6ClNS/c7-6-2-1-5(4-9)3-8-6/h1-3,9H,4H2. The molecule has 3 heteroatoms. The summed E-state index contributed by atoms with van der Waals surface area (Å²) in [6.07, 6.45) is 1.72. The first kappa shape index (κ1) is 6.90. The SMILES string of the molecule is SCc1ccc(Cl)nc1. The number of hydrogen-bond acceptors (Lipinski definition) is 2. The molecule has 0 spiro atoms. The molecule has 0 saturated heterocycles. The fourth-order valence-electron chi connectivity index (χ4n) is 0.500. The minimum atomic E-state index is 0.528. The van der Waals surface area contributed by atoms with Gasteiger partial charge in [0.15, 0.2) is 0 Å². The number of nitrogens with zero attached hydrogens (tertiary/aromatic N) is 1. The first-order valence-electron chi connectivity index (χ1n) is 2.54. The Hall–Kier alpha value is -0.210. The van der Waals surface area contributed by atoms with Crippen molar-refractivity contribution in [2.24, 2.45) is 0 Å². The zero-order valence-electron chi connectivity index (χ0n) is 4.71. The highest BCUT2D eigenvalue weighted by atomic mass is 35.5. The lowest BCUT2D eigenvalue weighted by Gasteiger charge is -1.91. The smallest absolute Gasteiger partial charge is 0.129 e. The average molecular weight is 160 g/mol. The van der Waals surface area contributed by atoms with Crippen molar-refractivity contribution in [3.05, 3.63) is 29.0 Å². The first-order valence-corrected chi connectivity index (χ1v) is 3.55. The minimum Gasteiger partial charge on any atom is -0.244 e. The number of rotatable bonds is 1. The first-order chi connectivity index (χ1) is 4.33. The Kier molecular flexibility index (Phi) is 2.37. The van der Waals surface area contributed by atoms with E-state index < -0.39 is 0 Å². The summed E-state index contributed by atoms with van der Waals surface area (Å²) in [7, 11) is 0. The Balaban J connectivity index is 2.88. The maximum Gasteiger partial charge on any atom is 0.129 e. The second-order valence-corrected chi connectivity index (χ2v) is 2.35. The molecule has 9 heavy (non-hydrogen) atoms. The molecule has 0 radical (unpaired) electrons. The Bertz CT molecular complexity index is 185. The maximum absolute atomic E-state index is 5.53. The molecule has 0 aliphatic heterocycles. The second kappa shape index (κ2) is 3.08. The van der Waals surface area contributed by atoms with Crippen LogP contribution in [0.15, 0.2) is 18.3 Å². The van der Waals surface area contributed by atoms with Crippen molar-refractivity contribution in [2.45, 2.75) is 5.75 Å². The van der Waals surface area contributed by atoms with Crippen LogP contribution in [0.25, 0.3) is 0 Å². The zero-order valence-corrected chi connectivity index (χ0v) is 6.36. The van der Waals surface area contributed by atoms with E-state index >= 15 is 0 Å². The van der Waals surface area contributed by atoms with Crippen molar-refractivity contribution in [3.8, 4) is 0 Å². The average Bonchev–Trinajstić information content (AvgIpc) is 1.90. The molecule has 1 heterocycles. The van der Waals surface area contributed by atoms with Gasteiger partial charge in [-0.1, -0.05) is 17.7 Å². The van der Waals surface area contributed by atoms with Gasteiger partial charge in [0.25, 0.3) is 0 Å². The molecular weight excluding hydrogens is 154 g/mol. The molecule has 0 saturated carbocycles. The van der Waals surface area contributed by atoms with Gasteiger partial charge in [-0.05, 0) is 11.6 Å². The summed E-state index contributed by atoms with van der Waals surface area (Å²) in [4.78, 5) is 3.87. The van der Waals surface area contributed by atoms with E-state index in [-0.39, 0.29) is 0 Å². The maximum atomic E-state index is 5.53. The molecule has 0 fully saturated rings. The lowest BCUT2D eigenvalue weighted by atomic mass is 10.3. The van der Waals surface area contributed by atoms with Gasteiger partial charge in [0, 0.05) is 11.9 Å². The molecule has 48 valence electrons. The Labute approximate surface area is 64.5 Å². The van der Waals surface area contributed by atoms with Gasteiger partial charge in [0.05, 0.1) is 0 Å². The molecule has 1 aromatic heterocycles. The van der Waals surface area contributed by atoms with E-state index in [2.05, 4.69) is 17.6 Å². The Morgan fingerprint density at radius 3 is 2.78 bits per heavy atom. The van der Waals surface area contributed by atoms with E-state index in [4.69, 9.17) is 11.6 Å². The van der Waals surface area contributed by atoms with Crippen molar-refractivity contribution in [1.29, 1.82) is 0 Å². The van der Waals surface area contributed by atoms with Crippen molar-refractivity contribution in [2.75, 3.05) is 0 Å². The summed E-state index contributed by atoms with van der Waals surface area (Å²) in [6.45, 7) is 0. The topological polar surface area (TPSA) is 12.9 Å². The second-order valence-electron chi connectivity index (χ2n) is 1.65. The molecule has 1 rings (SSSR count). The third-order valence-electron chi connectivity index (χ3n) is 0.971. The van der Waals surface area contributed by atoms with Gasteiger partial charge in [-0.2, -0.15) is 12.6 Å². The molecule has 0 unspecified atom stereocenters. The summed E-state index contributed by atoms with van der Waals surface area (Å²) in [5.74, 6) is 0.712. The molecule has 0 aromatic carbocycles. The molecule has 0 atom stereocenters. The molecule has 0 aliphatic carbocycles. The van der Waals surface area contributed by atoms with Gasteiger partial charge in [-0.3, -0.25) is 0 Å². The van der Waals surface area contributed by atoms with Crippen molar-refractivity contribution in [1.82, 2.24) is 4.98 Å². The monoisotopic (exact) mass is 159 g/mol. The molecular formula is C6H6ClNS. The van der Waals surface area contributed by atoms with Crippen molar-refractivity contribution >= 4 is 24.2 Å². The minimum absolute atomic E-state index is 0.528. The third kappa shape index (κ3) is 1.88. The fraction of sp³-hybridized carbons (Fsp3) is 0.167. The summed E-state index contributed by atoms with van der Waals surface area (Å²) < 4.78 is 0. The largest absolute Gasteiger partial charge is 0.244 e. The zero-order chi connectivity index (χ0) is 6.69. The number of pyridine rings is 1. The molecule has 0 bridgehead atoms. The van der Waals surface area contributed by atoms with Crippen LogP contribution in [0, 0.1) is 0 Å². The molecule has 0 aliphatic rings. The third-order valence-corrected chi connectivity index (χ3v) is 1.56. The van der Waals surface area contributed by atoms with Gasteiger partial charge in [-0.15, -0.1) is 0 Å². The summed E-state index contributed by atoms with van der Waals surface area (Å²) in [5.41, 5.74) is 1.09. The van der Waals surface area contributed by atoms with Gasteiger partial charge < -0.3 is 0 Å². The van der Waals surface area contributed by atoms with Crippen LogP contribution in [0.5, 0.6) is 0 Å². The van der Waals surface area contributed by atoms with Crippen LogP contribution in [-0.4, -0.2) is 4.98 Å². The van der Waals surface area contributed by atoms with Crippen LogP contribution >= 0.6 is 24.2 Å². The predicted octanol–water partition coefficient (Wildman–Crippen LogP) is 2.16. The number of halogens is 1. The van der Waals surface area contributed by atoms with Gasteiger partial charge in [0.2, 0.25) is 0 Å². The van der Waals surface area contributed by atoms with E-state index in [1.54, 1.807) is 12.3 Å². The lowest BCUT2D eigenvalue weighted by molar-refractivity contribution is 1.25. The van der Waals surface area contributed by atoms with Gasteiger partial charge >= 0.3 is 0 Å². The highest BCUT2D eigenvalue weighted by molar-refractivity contribution is 7.79. The summed E-state index contributed by atoms with van der Waals surface area (Å²) in [6, 6.07) is 3.66. The number of thiol groups is 1. The summed E-state index contributed by atoms with van der Waals surface area (Å²) >= 11 is 9.59. The van der Waals surface area contributed by atoms with E-state index in [0.29, 0.717) is 10.9 Å². The van der Waals surface area contributed by atoms with Crippen LogP contribution < -0.4 is 0 Å². The van der Waals surface area contributed by atoms with E-state index in [1.165, 1.54) is 0 Å². The van der Waals surface area contributed by atoms with E-state index in [1.807, 2.05) is 6.07 Å². The van der Waals surface area contributed by atoms with Crippen LogP contribution in [0.3, 0.4) is 0 Å². The predicted molar refractivity (Wildman–Crippen MR) is 41.9 cm³/mol.